The Labute approximate surface area is 129 Å². The molecule has 1 aliphatic rings. The summed E-state index contributed by atoms with van der Waals surface area (Å²) >= 11 is 0. The fourth-order valence-electron chi connectivity index (χ4n) is 1.83. The maximum atomic E-state index is 11.8. The highest BCUT2D eigenvalue weighted by Gasteiger charge is 2.30. The SMILES string of the molecule is CC.N#Cc1ccc(C(=O)NCC(=O)N2CC(C#N)C2)cc1. The van der Waals surface area contributed by atoms with Gasteiger partial charge < -0.3 is 10.2 Å². The van der Waals surface area contributed by atoms with Crippen molar-refractivity contribution in [3.8, 4) is 12.1 Å². The van der Waals surface area contributed by atoms with Crippen LogP contribution in [0.2, 0.25) is 0 Å². The third kappa shape index (κ3) is 4.32. The van der Waals surface area contributed by atoms with Crippen molar-refractivity contribution < 1.29 is 9.59 Å². The van der Waals surface area contributed by atoms with E-state index in [4.69, 9.17) is 10.5 Å². The van der Waals surface area contributed by atoms with Crippen molar-refractivity contribution in [2.24, 2.45) is 5.92 Å². The van der Waals surface area contributed by atoms with Gasteiger partial charge in [-0.25, -0.2) is 0 Å². The van der Waals surface area contributed by atoms with Crippen LogP contribution < -0.4 is 5.32 Å². The zero-order chi connectivity index (χ0) is 16.5. The first-order chi connectivity index (χ1) is 10.6. The lowest BCUT2D eigenvalue weighted by Crippen LogP contribution is -2.52. The summed E-state index contributed by atoms with van der Waals surface area (Å²) in [6, 6.07) is 10.2. The van der Waals surface area contributed by atoms with E-state index in [1.54, 1.807) is 12.1 Å². The molecule has 0 radical (unpaired) electrons. The quantitative estimate of drug-likeness (QED) is 0.909. The fourth-order valence-corrected chi connectivity index (χ4v) is 1.83. The standard InChI is InChI=1S/C14H12N4O2.C2H6/c15-5-10-1-3-12(4-2-10)14(20)17-7-13(19)18-8-11(6-16)9-18;1-2/h1-4,11H,7-9H2,(H,17,20);1-2H3. The molecule has 114 valence electrons. The van der Waals surface area contributed by atoms with E-state index in [1.807, 2.05) is 19.9 Å². The highest BCUT2D eigenvalue weighted by atomic mass is 16.2. The van der Waals surface area contributed by atoms with E-state index < -0.39 is 0 Å². The molecule has 1 saturated heterocycles. The van der Waals surface area contributed by atoms with Gasteiger partial charge in [-0.3, -0.25) is 9.59 Å². The minimum absolute atomic E-state index is 0.0863. The smallest absolute Gasteiger partial charge is 0.251 e. The van der Waals surface area contributed by atoms with Gasteiger partial charge in [0.05, 0.1) is 30.2 Å². The predicted molar refractivity (Wildman–Crippen MR) is 80.5 cm³/mol. The molecular weight excluding hydrogens is 280 g/mol. The van der Waals surface area contributed by atoms with Gasteiger partial charge in [-0.1, -0.05) is 13.8 Å². The van der Waals surface area contributed by atoms with Crippen molar-refractivity contribution in [3.05, 3.63) is 35.4 Å². The summed E-state index contributed by atoms with van der Waals surface area (Å²) in [5.74, 6) is -0.646. The summed E-state index contributed by atoms with van der Waals surface area (Å²) in [5, 5.41) is 19.8. The van der Waals surface area contributed by atoms with Gasteiger partial charge in [0.15, 0.2) is 0 Å². The Morgan fingerprint density at radius 1 is 1.23 bits per heavy atom. The zero-order valence-electron chi connectivity index (χ0n) is 12.7. The first kappa shape index (κ1) is 17.2. The normalized spacial score (nSPS) is 12.8. The first-order valence-electron chi connectivity index (χ1n) is 7.10. The number of benzene rings is 1. The minimum atomic E-state index is -0.361. The molecule has 6 nitrogen and oxygen atoms in total. The second-order valence-electron chi connectivity index (χ2n) is 4.50. The topological polar surface area (TPSA) is 97.0 Å². The van der Waals surface area contributed by atoms with Crippen molar-refractivity contribution >= 4 is 11.8 Å². The maximum absolute atomic E-state index is 11.8. The molecule has 1 aliphatic heterocycles. The van der Waals surface area contributed by atoms with Crippen LogP contribution in [0.3, 0.4) is 0 Å². The molecule has 0 bridgehead atoms. The van der Waals surface area contributed by atoms with E-state index in [9.17, 15) is 9.59 Å². The molecule has 0 spiro atoms. The number of nitriles is 2. The highest BCUT2D eigenvalue weighted by Crippen LogP contribution is 2.13. The van der Waals surface area contributed by atoms with Crippen molar-refractivity contribution in [1.82, 2.24) is 10.2 Å². The molecular formula is C16H18N4O2. The van der Waals surface area contributed by atoms with E-state index in [1.165, 1.54) is 17.0 Å². The summed E-state index contributed by atoms with van der Waals surface area (Å²) in [5.41, 5.74) is 0.871. The van der Waals surface area contributed by atoms with Gasteiger partial charge in [0.2, 0.25) is 5.91 Å². The van der Waals surface area contributed by atoms with Crippen LogP contribution in [0, 0.1) is 28.6 Å². The number of hydrogen-bond acceptors (Lipinski definition) is 4. The lowest BCUT2D eigenvalue weighted by molar-refractivity contribution is -0.135. The Morgan fingerprint density at radius 3 is 2.32 bits per heavy atom. The van der Waals surface area contributed by atoms with Crippen LogP contribution in [0.4, 0.5) is 0 Å². The Kier molecular flexibility index (Phi) is 6.59. The molecule has 2 amide bonds. The lowest BCUT2D eigenvalue weighted by atomic mass is 10.0. The summed E-state index contributed by atoms with van der Waals surface area (Å²) in [6.07, 6.45) is 0. The fraction of sp³-hybridized carbons (Fsp3) is 0.375. The highest BCUT2D eigenvalue weighted by molar-refractivity contribution is 5.96. The molecule has 1 fully saturated rings. The molecule has 0 aliphatic carbocycles. The Bertz CT molecular complexity index is 605. The summed E-state index contributed by atoms with van der Waals surface area (Å²) in [7, 11) is 0. The van der Waals surface area contributed by atoms with Gasteiger partial charge >= 0.3 is 0 Å². The molecule has 22 heavy (non-hydrogen) atoms. The molecule has 0 saturated carbocycles. The van der Waals surface area contributed by atoms with E-state index in [0.717, 1.165) is 0 Å². The number of carbonyl (C=O) groups is 2. The Morgan fingerprint density at radius 2 is 1.82 bits per heavy atom. The summed E-state index contributed by atoms with van der Waals surface area (Å²) in [6.45, 7) is 4.78. The number of rotatable bonds is 3. The van der Waals surface area contributed by atoms with Crippen LogP contribution in [0.1, 0.15) is 29.8 Å². The number of hydrogen-bond donors (Lipinski definition) is 1. The van der Waals surface area contributed by atoms with E-state index in [0.29, 0.717) is 24.2 Å². The molecule has 6 heteroatoms. The van der Waals surface area contributed by atoms with Crippen LogP contribution in [-0.4, -0.2) is 36.3 Å². The molecule has 1 N–H and O–H groups in total. The maximum Gasteiger partial charge on any atom is 0.251 e. The molecule has 0 atom stereocenters. The van der Waals surface area contributed by atoms with Crippen LogP contribution in [0.15, 0.2) is 24.3 Å². The number of carbonyl (C=O) groups excluding carboxylic acids is 2. The number of likely N-dealkylation sites (tertiary alicyclic amines) is 1. The zero-order valence-corrected chi connectivity index (χ0v) is 12.7. The number of nitrogens with zero attached hydrogens (tertiary/aromatic N) is 3. The van der Waals surface area contributed by atoms with E-state index in [2.05, 4.69) is 11.4 Å². The van der Waals surface area contributed by atoms with Crippen molar-refractivity contribution in [2.75, 3.05) is 19.6 Å². The molecule has 2 rings (SSSR count). The van der Waals surface area contributed by atoms with Gasteiger partial charge in [0.1, 0.15) is 0 Å². The van der Waals surface area contributed by atoms with Crippen LogP contribution >= 0.6 is 0 Å². The van der Waals surface area contributed by atoms with Crippen LogP contribution in [-0.2, 0) is 4.79 Å². The monoisotopic (exact) mass is 298 g/mol. The van der Waals surface area contributed by atoms with E-state index in [-0.39, 0.29) is 24.3 Å². The van der Waals surface area contributed by atoms with Crippen molar-refractivity contribution in [2.45, 2.75) is 13.8 Å². The Balaban J connectivity index is 0.00000116. The molecule has 0 unspecified atom stereocenters. The third-order valence-corrected chi connectivity index (χ3v) is 3.09. The van der Waals surface area contributed by atoms with Gasteiger partial charge in [-0.2, -0.15) is 10.5 Å². The van der Waals surface area contributed by atoms with Crippen LogP contribution in [0.5, 0.6) is 0 Å². The number of amides is 2. The average Bonchev–Trinajstić information content (AvgIpc) is 2.53. The predicted octanol–water partition coefficient (Wildman–Crippen LogP) is 1.30. The Hall–Kier alpha value is -2.86. The molecule has 1 aromatic carbocycles. The van der Waals surface area contributed by atoms with Crippen molar-refractivity contribution in [3.63, 3.8) is 0 Å². The van der Waals surface area contributed by atoms with Gasteiger partial charge in [0, 0.05) is 18.7 Å². The minimum Gasteiger partial charge on any atom is -0.343 e. The first-order valence-corrected chi connectivity index (χ1v) is 7.10. The molecule has 1 aromatic rings. The average molecular weight is 298 g/mol. The largest absolute Gasteiger partial charge is 0.343 e. The van der Waals surface area contributed by atoms with Gasteiger partial charge in [-0.15, -0.1) is 0 Å². The van der Waals surface area contributed by atoms with Crippen molar-refractivity contribution in [1.29, 1.82) is 10.5 Å². The third-order valence-electron chi connectivity index (χ3n) is 3.09. The summed E-state index contributed by atoms with van der Waals surface area (Å²) < 4.78 is 0. The molecule has 1 heterocycles. The van der Waals surface area contributed by atoms with E-state index >= 15 is 0 Å². The van der Waals surface area contributed by atoms with Gasteiger partial charge in [-0.05, 0) is 24.3 Å². The second kappa shape index (κ2) is 8.43. The molecule has 0 aromatic heterocycles. The van der Waals surface area contributed by atoms with Gasteiger partial charge in [0.25, 0.3) is 5.91 Å². The lowest BCUT2D eigenvalue weighted by Gasteiger charge is -2.35. The second-order valence-corrected chi connectivity index (χ2v) is 4.50. The number of nitrogens with one attached hydrogen (secondary N) is 1. The summed E-state index contributed by atoms with van der Waals surface area (Å²) in [4.78, 5) is 25.0. The van der Waals surface area contributed by atoms with Crippen LogP contribution in [0.25, 0.3) is 0 Å².